The van der Waals surface area contributed by atoms with Crippen molar-refractivity contribution >= 4 is 18.2 Å². The fourth-order valence-corrected chi connectivity index (χ4v) is 3.44. The first-order valence-electron chi connectivity index (χ1n) is 9.14. The molecule has 0 unspecified atom stereocenters. The second-order valence-electron chi connectivity index (χ2n) is 6.67. The minimum Gasteiger partial charge on any atom is -0.536 e. The van der Waals surface area contributed by atoms with Gasteiger partial charge < -0.3 is 14.2 Å². The number of nitrogens with zero attached hydrogens (tertiary/aromatic N) is 3. The molecule has 0 aliphatic carbocycles. The molecule has 28 heavy (non-hydrogen) atoms. The van der Waals surface area contributed by atoms with Crippen molar-refractivity contribution in [2.45, 2.75) is 0 Å². The van der Waals surface area contributed by atoms with Crippen LogP contribution in [0, 0.1) is 0 Å². The zero-order valence-electron chi connectivity index (χ0n) is 15.4. The van der Waals surface area contributed by atoms with E-state index in [1.165, 1.54) is 0 Å². The maximum atomic E-state index is 6.14. The van der Waals surface area contributed by atoms with Crippen molar-refractivity contribution < 1.29 is 9.39 Å². The summed E-state index contributed by atoms with van der Waals surface area (Å²) in [5.41, 5.74) is 3.08. The van der Waals surface area contributed by atoms with E-state index in [-0.39, 0.29) is 7.05 Å². The molecule has 5 nitrogen and oxygen atoms in total. The lowest BCUT2D eigenvalue weighted by molar-refractivity contribution is 0.482. The maximum Gasteiger partial charge on any atom is 0.519 e. The highest BCUT2D eigenvalue weighted by Crippen LogP contribution is 2.34. The molecule has 2 heterocycles. The van der Waals surface area contributed by atoms with Crippen LogP contribution in [-0.2, 0) is 0 Å². The van der Waals surface area contributed by atoms with Crippen molar-refractivity contribution in [3.63, 3.8) is 0 Å². The number of anilines is 1. The highest BCUT2D eigenvalue weighted by atomic mass is 16.5. The zero-order valence-corrected chi connectivity index (χ0v) is 15.4. The molecule has 1 aromatic heterocycles. The van der Waals surface area contributed by atoms with Crippen molar-refractivity contribution in [2.24, 2.45) is 0 Å². The predicted molar refractivity (Wildman–Crippen MR) is 111 cm³/mol. The molecule has 0 radical (unpaired) electrons. The van der Waals surface area contributed by atoms with E-state index >= 15 is 0 Å². The summed E-state index contributed by atoms with van der Waals surface area (Å²) in [6.07, 6.45) is 3.66. The number of rotatable bonds is 4. The van der Waals surface area contributed by atoms with Crippen LogP contribution >= 0.6 is 0 Å². The summed E-state index contributed by atoms with van der Waals surface area (Å²) in [6.45, 7) is 0. The Balaban J connectivity index is 1.39. The average Bonchev–Trinajstić information content (AvgIpc) is 3.37. The van der Waals surface area contributed by atoms with Crippen LogP contribution in [0.2, 0.25) is 0 Å². The molecule has 0 amide bonds. The molecule has 0 saturated heterocycles. The van der Waals surface area contributed by atoms with Crippen LogP contribution in [-0.4, -0.2) is 23.9 Å². The fraction of sp³-hybridized carbons (Fsp3) is 0.0455. The van der Waals surface area contributed by atoms with Crippen LogP contribution < -0.4 is 19.7 Å². The van der Waals surface area contributed by atoms with Crippen LogP contribution in [0.5, 0.6) is 17.2 Å². The molecule has 4 aromatic rings. The Morgan fingerprint density at radius 1 is 0.893 bits per heavy atom. The smallest absolute Gasteiger partial charge is 0.519 e. The molecule has 1 aliphatic heterocycles. The lowest BCUT2D eigenvalue weighted by Gasteiger charge is -2.17. The Morgan fingerprint density at radius 2 is 1.71 bits per heavy atom. The minimum absolute atomic E-state index is 0.170. The Hall–Kier alpha value is -3.67. The van der Waals surface area contributed by atoms with Gasteiger partial charge >= 0.3 is 7.05 Å². The normalized spacial score (nSPS) is 12.6. The van der Waals surface area contributed by atoms with Gasteiger partial charge in [0.1, 0.15) is 17.2 Å². The number of fused-ring (bicyclic) bond motifs is 1. The molecule has 0 spiro atoms. The topological polar surface area (TPSA) is 39.5 Å². The van der Waals surface area contributed by atoms with Crippen molar-refractivity contribution in [3.05, 3.63) is 91.3 Å². The van der Waals surface area contributed by atoms with Crippen LogP contribution in [0.4, 0.5) is 5.69 Å². The van der Waals surface area contributed by atoms with Crippen molar-refractivity contribution in [1.29, 1.82) is 0 Å². The molecule has 0 bridgehead atoms. The van der Waals surface area contributed by atoms with Gasteiger partial charge in [-0.1, -0.05) is 30.3 Å². The Kier molecular flexibility index (Phi) is 4.02. The second kappa shape index (κ2) is 6.81. The quantitative estimate of drug-likeness (QED) is 0.513. The minimum atomic E-state index is -0.170. The number of ether oxygens (including phenoxy) is 1. The monoisotopic (exact) mass is 367 g/mol. The van der Waals surface area contributed by atoms with Gasteiger partial charge in [-0.2, -0.15) is 5.10 Å². The second-order valence-corrected chi connectivity index (χ2v) is 6.67. The fourth-order valence-electron chi connectivity index (χ4n) is 3.44. The average molecular weight is 367 g/mol. The molecule has 0 fully saturated rings. The molecular formula is C22H18BN3O2. The first-order valence-corrected chi connectivity index (χ1v) is 9.14. The lowest BCUT2D eigenvalue weighted by Crippen LogP contribution is -2.47. The molecule has 0 atom stereocenters. The largest absolute Gasteiger partial charge is 0.536 e. The number of para-hydroxylation sites is 2. The summed E-state index contributed by atoms with van der Waals surface area (Å²) in [6, 6.07) is 25.8. The summed E-state index contributed by atoms with van der Waals surface area (Å²) < 4.78 is 14.1. The Labute approximate surface area is 163 Å². The first-order chi connectivity index (χ1) is 13.8. The van der Waals surface area contributed by atoms with Gasteiger partial charge in [-0.05, 0) is 55.0 Å². The standard InChI is InChI=1S/C22H18BN3O2/c1-25-21-11-2-3-12-22(21)28-23(25)17-7-4-9-19(15-17)27-20-10-5-8-18(16-20)26-14-6-13-24-26/h2-16H,1H3. The van der Waals surface area contributed by atoms with Gasteiger partial charge in [-0.15, -0.1) is 0 Å². The third-order valence-corrected chi connectivity index (χ3v) is 4.80. The van der Waals surface area contributed by atoms with E-state index in [0.29, 0.717) is 0 Å². The molecule has 136 valence electrons. The van der Waals surface area contributed by atoms with E-state index in [4.69, 9.17) is 9.39 Å². The third kappa shape index (κ3) is 2.99. The maximum absolute atomic E-state index is 6.14. The SMILES string of the molecule is CN1B(c2cccc(Oc3cccc(-n4cccn4)c3)c2)Oc2ccccc21. The summed E-state index contributed by atoms with van der Waals surface area (Å²) in [5, 5.41) is 4.27. The number of benzene rings is 3. The van der Waals surface area contributed by atoms with Gasteiger partial charge in [0, 0.05) is 18.5 Å². The van der Waals surface area contributed by atoms with E-state index in [2.05, 4.69) is 22.0 Å². The molecule has 3 aromatic carbocycles. The van der Waals surface area contributed by atoms with Crippen molar-refractivity contribution in [2.75, 3.05) is 11.9 Å². The van der Waals surface area contributed by atoms with Gasteiger partial charge in [0.25, 0.3) is 0 Å². The summed E-state index contributed by atoms with van der Waals surface area (Å²) >= 11 is 0. The lowest BCUT2D eigenvalue weighted by atomic mass is 9.72. The molecule has 0 saturated carbocycles. The Morgan fingerprint density at radius 3 is 2.54 bits per heavy atom. The van der Waals surface area contributed by atoms with E-state index in [1.807, 2.05) is 84.7 Å². The summed E-state index contributed by atoms with van der Waals surface area (Å²) in [7, 11) is 1.87. The third-order valence-electron chi connectivity index (χ3n) is 4.80. The van der Waals surface area contributed by atoms with Gasteiger partial charge in [0.2, 0.25) is 0 Å². The van der Waals surface area contributed by atoms with Gasteiger partial charge in [-0.25, -0.2) is 4.68 Å². The molecular weight excluding hydrogens is 349 g/mol. The predicted octanol–water partition coefficient (Wildman–Crippen LogP) is 3.89. The number of aromatic nitrogens is 2. The van der Waals surface area contributed by atoms with Crippen LogP contribution in [0.3, 0.4) is 0 Å². The van der Waals surface area contributed by atoms with Gasteiger partial charge in [0.15, 0.2) is 0 Å². The molecule has 5 rings (SSSR count). The van der Waals surface area contributed by atoms with Crippen molar-refractivity contribution in [3.8, 4) is 22.9 Å². The van der Waals surface area contributed by atoms with Crippen molar-refractivity contribution in [1.82, 2.24) is 9.78 Å². The number of hydrogen-bond acceptors (Lipinski definition) is 4. The zero-order chi connectivity index (χ0) is 18.9. The highest BCUT2D eigenvalue weighted by Gasteiger charge is 2.35. The Bertz CT molecular complexity index is 1110. The van der Waals surface area contributed by atoms with Crippen LogP contribution in [0.15, 0.2) is 91.3 Å². The summed E-state index contributed by atoms with van der Waals surface area (Å²) in [4.78, 5) is 2.13. The van der Waals surface area contributed by atoms with E-state index in [1.54, 1.807) is 6.20 Å². The van der Waals surface area contributed by atoms with Gasteiger partial charge in [-0.3, -0.25) is 0 Å². The van der Waals surface area contributed by atoms with Gasteiger partial charge in [0.05, 0.1) is 11.4 Å². The summed E-state index contributed by atoms with van der Waals surface area (Å²) in [5.74, 6) is 2.42. The first kappa shape index (κ1) is 16.5. The van der Waals surface area contributed by atoms with E-state index in [0.717, 1.165) is 34.1 Å². The van der Waals surface area contributed by atoms with E-state index < -0.39 is 0 Å². The molecule has 6 heteroatoms. The highest BCUT2D eigenvalue weighted by molar-refractivity contribution is 6.73. The molecule has 0 N–H and O–H groups in total. The number of hydrogen-bond donors (Lipinski definition) is 0. The molecule has 1 aliphatic rings. The van der Waals surface area contributed by atoms with E-state index in [9.17, 15) is 0 Å². The van der Waals surface area contributed by atoms with Crippen LogP contribution in [0.1, 0.15) is 0 Å². The van der Waals surface area contributed by atoms with Crippen LogP contribution in [0.25, 0.3) is 5.69 Å².